The Hall–Kier alpha value is -3.47. The van der Waals surface area contributed by atoms with Gasteiger partial charge in [-0.25, -0.2) is 19.6 Å². The van der Waals surface area contributed by atoms with Crippen molar-refractivity contribution in [2.24, 2.45) is 0 Å². The highest BCUT2D eigenvalue weighted by Crippen LogP contribution is 2.18. The topological polar surface area (TPSA) is 86.8 Å². The fraction of sp³-hybridized carbons (Fsp3) is 0.235. The van der Waals surface area contributed by atoms with E-state index in [0.717, 1.165) is 37.8 Å². The molecule has 1 fully saturated rings. The standard InChI is InChI=1S/C17H16N8/c18-13-14-5-7-19-17(21-14)24-11-9-23(10-12-24)15-3-1-4-16(22-15)25-8-2-6-20-25/h1-8H,9-12H2. The van der Waals surface area contributed by atoms with Crippen LogP contribution in [0.15, 0.2) is 48.9 Å². The molecule has 8 nitrogen and oxygen atoms in total. The summed E-state index contributed by atoms with van der Waals surface area (Å²) in [5, 5.41) is 13.2. The first-order chi connectivity index (χ1) is 12.3. The van der Waals surface area contributed by atoms with Gasteiger partial charge < -0.3 is 9.80 Å². The minimum atomic E-state index is 0.390. The van der Waals surface area contributed by atoms with Crippen molar-refractivity contribution in [3.63, 3.8) is 0 Å². The Labute approximate surface area is 145 Å². The van der Waals surface area contributed by atoms with Crippen LogP contribution in [0.3, 0.4) is 0 Å². The van der Waals surface area contributed by atoms with Crippen molar-refractivity contribution < 1.29 is 0 Å². The van der Waals surface area contributed by atoms with E-state index in [1.165, 1.54) is 0 Å². The van der Waals surface area contributed by atoms with Gasteiger partial charge in [0.25, 0.3) is 0 Å². The summed E-state index contributed by atoms with van der Waals surface area (Å²) in [5.74, 6) is 2.34. The molecule has 124 valence electrons. The molecular formula is C17H16N8. The lowest BCUT2D eigenvalue weighted by molar-refractivity contribution is 0.633. The molecule has 1 aliphatic heterocycles. The average Bonchev–Trinajstić information content (AvgIpc) is 3.23. The number of pyridine rings is 1. The van der Waals surface area contributed by atoms with E-state index in [2.05, 4.69) is 30.9 Å². The summed E-state index contributed by atoms with van der Waals surface area (Å²) in [4.78, 5) is 17.6. The number of aromatic nitrogens is 5. The summed E-state index contributed by atoms with van der Waals surface area (Å²) in [6, 6.07) is 11.5. The van der Waals surface area contributed by atoms with Gasteiger partial charge in [0, 0.05) is 44.8 Å². The minimum Gasteiger partial charge on any atom is -0.353 e. The van der Waals surface area contributed by atoms with Gasteiger partial charge in [-0.05, 0) is 24.3 Å². The minimum absolute atomic E-state index is 0.390. The van der Waals surface area contributed by atoms with Gasteiger partial charge in [-0.2, -0.15) is 10.4 Å². The SMILES string of the molecule is N#Cc1ccnc(N2CCN(c3cccc(-n4cccn4)n3)CC2)n1. The normalized spacial score (nSPS) is 14.4. The van der Waals surface area contributed by atoms with Crippen molar-refractivity contribution in [1.29, 1.82) is 5.26 Å². The molecule has 0 saturated carbocycles. The molecule has 0 radical (unpaired) electrons. The van der Waals surface area contributed by atoms with Crippen LogP contribution in [-0.2, 0) is 0 Å². The molecule has 1 saturated heterocycles. The van der Waals surface area contributed by atoms with Crippen molar-refractivity contribution in [2.45, 2.75) is 0 Å². The zero-order chi connectivity index (χ0) is 17.1. The number of nitrogens with zero attached hydrogens (tertiary/aromatic N) is 8. The second kappa shape index (κ2) is 6.57. The van der Waals surface area contributed by atoms with Gasteiger partial charge in [-0.15, -0.1) is 0 Å². The van der Waals surface area contributed by atoms with E-state index in [4.69, 9.17) is 10.2 Å². The molecule has 0 aliphatic carbocycles. The molecule has 0 bridgehead atoms. The Bertz CT molecular complexity index is 891. The molecule has 25 heavy (non-hydrogen) atoms. The highest BCUT2D eigenvalue weighted by molar-refractivity contribution is 5.45. The maximum Gasteiger partial charge on any atom is 0.226 e. The zero-order valence-corrected chi connectivity index (χ0v) is 13.5. The quantitative estimate of drug-likeness (QED) is 0.713. The predicted octanol–water partition coefficient (Wildman–Crippen LogP) is 1.26. The van der Waals surface area contributed by atoms with E-state index in [0.29, 0.717) is 11.6 Å². The molecule has 4 heterocycles. The molecule has 0 N–H and O–H groups in total. The average molecular weight is 332 g/mol. The molecule has 4 rings (SSSR count). The molecule has 0 aromatic carbocycles. The molecule has 1 aliphatic rings. The summed E-state index contributed by atoms with van der Waals surface area (Å²) in [7, 11) is 0. The lowest BCUT2D eigenvalue weighted by atomic mass is 10.3. The van der Waals surface area contributed by atoms with Gasteiger partial charge in [-0.1, -0.05) is 6.07 Å². The molecule has 0 atom stereocenters. The molecule has 3 aromatic heterocycles. The number of anilines is 2. The fourth-order valence-electron chi connectivity index (χ4n) is 2.82. The van der Waals surface area contributed by atoms with Crippen molar-refractivity contribution >= 4 is 11.8 Å². The number of rotatable bonds is 3. The van der Waals surface area contributed by atoms with Crippen LogP contribution in [0.1, 0.15) is 5.69 Å². The van der Waals surface area contributed by atoms with Gasteiger partial charge in [0.15, 0.2) is 5.82 Å². The summed E-state index contributed by atoms with van der Waals surface area (Å²) in [6.45, 7) is 3.19. The number of nitriles is 1. The predicted molar refractivity (Wildman–Crippen MR) is 92.5 cm³/mol. The van der Waals surface area contributed by atoms with E-state index in [1.54, 1.807) is 23.1 Å². The third kappa shape index (κ3) is 3.12. The molecule has 0 amide bonds. The monoisotopic (exact) mass is 332 g/mol. The van der Waals surface area contributed by atoms with Crippen LogP contribution < -0.4 is 9.80 Å². The first-order valence-electron chi connectivity index (χ1n) is 8.03. The molecule has 8 heteroatoms. The van der Waals surface area contributed by atoms with Crippen LogP contribution in [-0.4, -0.2) is 50.9 Å². The van der Waals surface area contributed by atoms with Crippen LogP contribution in [0.4, 0.5) is 11.8 Å². The molecule has 0 unspecified atom stereocenters. The Morgan fingerprint density at radius 3 is 2.44 bits per heavy atom. The van der Waals surface area contributed by atoms with E-state index in [9.17, 15) is 0 Å². The smallest absolute Gasteiger partial charge is 0.226 e. The van der Waals surface area contributed by atoms with E-state index < -0.39 is 0 Å². The second-order valence-corrected chi connectivity index (χ2v) is 5.63. The highest BCUT2D eigenvalue weighted by atomic mass is 15.3. The maximum atomic E-state index is 8.97. The molecular weight excluding hydrogens is 316 g/mol. The summed E-state index contributed by atoms with van der Waals surface area (Å²) >= 11 is 0. The lowest BCUT2D eigenvalue weighted by Gasteiger charge is -2.35. The third-order valence-electron chi connectivity index (χ3n) is 4.10. The van der Waals surface area contributed by atoms with Crippen molar-refractivity contribution in [3.05, 3.63) is 54.6 Å². The van der Waals surface area contributed by atoms with Gasteiger partial charge in [0.05, 0.1) is 0 Å². The van der Waals surface area contributed by atoms with Crippen LogP contribution in [0.2, 0.25) is 0 Å². The second-order valence-electron chi connectivity index (χ2n) is 5.63. The summed E-state index contributed by atoms with van der Waals surface area (Å²) in [6.07, 6.45) is 5.24. The van der Waals surface area contributed by atoms with Gasteiger partial charge >= 0.3 is 0 Å². The van der Waals surface area contributed by atoms with Gasteiger partial charge in [-0.3, -0.25) is 0 Å². The van der Waals surface area contributed by atoms with Crippen molar-refractivity contribution in [1.82, 2.24) is 24.7 Å². The van der Waals surface area contributed by atoms with Gasteiger partial charge in [0.1, 0.15) is 17.6 Å². The van der Waals surface area contributed by atoms with Gasteiger partial charge in [0.2, 0.25) is 5.95 Å². The molecule has 0 spiro atoms. The largest absolute Gasteiger partial charge is 0.353 e. The van der Waals surface area contributed by atoms with Crippen LogP contribution in [0.25, 0.3) is 5.82 Å². The van der Waals surface area contributed by atoms with Crippen LogP contribution in [0.5, 0.6) is 0 Å². The van der Waals surface area contributed by atoms with E-state index >= 15 is 0 Å². The Morgan fingerprint density at radius 2 is 1.68 bits per heavy atom. The lowest BCUT2D eigenvalue weighted by Crippen LogP contribution is -2.47. The summed E-state index contributed by atoms with van der Waals surface area (Å²) < 4.78 is 1.75. The molecule has 3 aromatic rings. The third-order valence-corrected chi connectivity index (χ3v) is 4.10. The van der Waals surface area contributed by atoms with Crippen LogP contribution in [0, 0.1) is 11.3 Å². The zero-order valence-electron chi connectivity index (χ0n) is 13.5. The number of hydrogen-bond acceptors (Lipinski definition) is 7. The Kier molecular flexibility index (Phi) is 3.96. The number of piperazine rings is 1. The van der Waals surface area contributed by atoms with Crippen LogP contribution >= 0.6 is 0 Å². The first-order valence-corrected chi connectivity index (χ1v) is 8.03. The van der Waals surface area contributed by atoms with E-state index in [-0.39, 0.29) is 0 Å². The van der Waals surface area contributed by atoms with Crippen molar-refractivity contribution in [3.8, 4) is 11.9 Å². The van der Waals surface area contributed by atoms with E-state index in [1.807, 2.05) is 30.5 Å². The number of hydrogen-bond donors (Lipinski definition) is 0. The maximum absolute atomic E-state index is 8.97. The highest BCUT2D eigenvalue weighted by Gasteiger charge is 2.20. The summed E-state index contributed by atoms with van der Waals surface area (Å²) in [5.41, 5.74) is 0.390. The van der Waals surface area contributed by atoms with Crippen molar-refractivity contribution in [2.75, 3.05) is 36.0 Å². The Morgan fingerprint density at radius 1 is 0.880 bits per heavy atom. The fourth-order valence-corrected chi connectivity index (χ4v) is 2.82. The first kappa shape index (κ1) is 15.1. The Balaban J connectivity index is 1.47.